The molecule has 0 rings (SSSR count). The third-order valence-corrected chi connectivity index (χ3v) is 2.37. The molecule has 94 valence electrons. The van der Waals surface area contributed by atoms with Gasteiger partial charge in [0.25, 0.3) is 0 Å². The third-order valence-electron chi connectivity index (χ3n) is 2.37. The first-order valence-electron chi connectivity index (χ1n) is 5.79. The highest BCUT2D eigenvalue weighted by Gasteiger charge is 2.16. The monoisotopic (exact) mass is 229 g/mol. The van der Waals surface area contributed by atoms with E-state index in [9.17, 15) is 9.59 Å². The third kappa shape index (κ3) is 5.70. The molecular formula is C11H23N3O2. The van der Waals surface area contributed by atoms with Crippen molar-refractivity contribution in [1.29, 1.82) is 0 Å². The maximum atomic E-state index is 11.8. The van der Waals surface area contributed by atoms with Gasteiger partial charge in [-0.15, -0.1) is 0 Å². The predicted molar refractivity (Wildman–Crippen MR) is 63.8 cm³/mol. The maximum absolute atomic E-state index is 11.8. The summed E-state index contributed by atoms with van der Waals surface area (Å²) in [4.78, 5) is 24.7. The molecule has 3 N–H and O–H groups in total. The topological polar surface area (TPSA) is 75.4 Å². The number of nitrogens with two attached hydrogens (primary N) is 1. The zero-order valence-corrected chi connectivity index (χ0v) is 10.5. The Morgan fingerprint density at radius 2 is 2.00 bits per heavy atom. The number of nitrogens with zero attached hydrogens (tertiary/aromatic N) is 1. The molecule has 0 aliphatic heterocycles. The first-order chi connectivity index (χ1) is 7.54. The van der Waals surface area contributed by atoms with E-state index >= 15 is 0 Å². The fourth-order valence-corrected chi connectivity index (χ4v) is 1.31. The SMILES string of the molecule is CCNC(=O)CN(CC)C(=O)CC(C)CN. The molecule has 0 bridgehead atoms. The van der Waals surface area contributed by atoms with E-state index in [1.165, 1.54) is 0 Å². The Kier molecular flexibility index (Phi) is 7.54. The van der Waals surface area contributed by atoms with E-state index in [0.29, 0.717) is 26.1 Å². The number of hydrogen-bond donors (Lipinski definition) is 2. The molecule has 0 saturated carbocycles. The molecule has 5 heteroatoms. The van der Waals surface area contributed by atoms with Crippen LogP contribution in [0.5, 0.6) is 0 Å². The second-order valence-electron chi connectivity index (χ2n) is 3.91. The average Bonchev–Trinajstić information content (AvgIpc) is 2.25. The van der Waals surface area contributed by atoms with Crippen molar-refractivity contribution in [2.75, 3.05) is 26.2 Å². The largest absolute Gasteiger partial charge is 0.355 e. The van der Waals surface area contributed by atoms with Crippen LogP contribution < -0.4 is 11.1 Å². The molecule has 16 heavy (non-hydrogen) atoms. The van der Waals surface area contributed by atoms with E-state index in [-0.39, 0.29) is 24.3 Å². The predicted octanol–water partition coefficient (Wildman–Crippen LogP) is -0.0441. The van der Waals surface area contributed by atoms with Gasteiger partial charge in [0, 0.05) is 19.5 Å². The van der Waals surface area contributed by atoms with Crippen LogP contribution in [0, 0.1) is 5.92 Å². The van der Waals surface area contributed by atoms with Crippen LogP contribution in [-0.4, -0.2) is 42.9 Å². The lowest BCUT2D eigenvalue weighted by Gasteiger charge is -2.21. The summed E-state index contributed by atoms with van der Waals surface area (Å²) in [5, 5.41) is 2.67. The smallest absolute Gasteiger partial charge is 0.239 e. The number of carbonyl (C=O) groups excluding carboxylic acids is 2. The molecular weight excluding hydrogens is 206 g/mol. The minimum Gasteiger partial charge on any atom is -0.355 e. The minimum absolute atomic E-state index is 0.00768. The molecule has 0 saturated heterocycles. The Labute approximate surface area is 97.4 Å². The van der Waals surface area contributed by atoms with Gasteiger partial charge in [0.05, 0.1) is 6.54 Å². The van der Waals surface area contributed by atoms with Crippen LogP contribution >= 0.6 is 0 Å². The Hall–Kier alpha value is -1.10. The molecule has 0 fully saturated rings. The molecule has 0 aliphatic carbocycles. The van der Waals surface area contributed by atoms with Crippen LogP contribution in [0.3, 0.4) is 0 Å². The summed E-state index contributed by atoms with van der Waals surface area (Å²) < 4.78 is 0. The summed E-state index contributed by atoms with van der Waals surface area (Å²) >= 11 is 0. The normalized spacial score (nSPS) is 12.0. The van der Waals surface area contributed by atoms with Gasteiger partial charge in [-0.05, 0) is 26.3 Å². The zero-order chi connectivity index (χ0) is 12.6. The van der Waals surface area contributed by atoms with Crippen molar-refractivity contribution in [3.8, 4) is 0 Å². The number of likely N-dealkylation sites (N-methyl/N-ethyl adjacent to an activating group) is 2. The summed E-state index contributed by atoms with van der Waals surface area (Å²) in [7, 11) is 0. The van der Waals surface area contributed by atoms with Gasteiger partial charge >= 0.3 is 0 Å². The van der Waals surface area contributed by atoms with Crippen molar-refractivity contribution in [3.63, 3.8) is 0 Å². The van der Waals surface area contributed by atoms with Crippen LogP contribution in [0.1, 0.15) is 27.2 Å². The van der Waals surface area contributed by atoms with E-state index in [1.807, 2.05) is 20.8 Å². The fourth-order valence-electron chi connectivity index (χ4n) is 1.31. The fraction of sp³-hybridized carbons (Fsp3) is 0.818. The van der Waals surface area contributed by atoms with E-state index in [4.69, 9.17) is 5.73 Å². The average molecular weight is 229 g/mol. The van der Waals surface area contributed by atoms with Crippen molar-refractivity contribution >= 4 is 11.8 Å². The van der Waals surface area contributed by atoms with Crippen LogP contribution in [0.2, 0.25) is 0 Å². The summed E-state index contributed by atoms with van der Waals surface area (Å²) in [6.45, 7) is 7.41. The lowest BCUT2D eigenvalue weighted by Crippen LogP contribution is -2.41. The molecule has 1 unspecified atom stereocenters. The van der Waals surface area contributed by atoms with Crippen molar-refractivity contribution in [1.82, 2.24) is 10.2 Å². The number of hydrogen-bond acceptors (Lipinski definition) is 3. The summed E-state index contributed by atoms with van der Waals surface area (Å²) in [5.41, 5.74) is 5.46. The van der Waals surface area contributed by atoms with Gasteiger partial charge < -0.3 is 16.0 Å². The first kappa shape index (κ1) is 14.9. The standard InChI is InChI=1S/C11H23N3O2/c1-4-13-10(15)8-14(5-2)11(16)6-9(3)7-12/h9H,4-8,12H2,1-3H3,(H,13,15). The molecule has 0 radical (unpaired) electrons. The Balaban J connectivity index is 4.16. The number of rotatable bonds is 7. The quantitative estimate of drug-likeness (QED) is 0.643. The number of carbonyl (C=O) groups is 2. The highest BCUT2D eigenvalue weighted by Crippen LogP contribution is 2.03. The molecule has 2 amide bonds. The molecule has 0 spiro atoms. The van der Waals surface area contributed by atoms with Crippen molar-refractivity contribution in [2.45, 2.75) is 27.2 Å². The van der Waals surface area contributed by atoms with Gasteiger partial charge in [-0.2, -0.15) is 0 Å². The summed E-state index contributed by atoms with van der Waals surface area (Å²) in [5.74, 6) is 0.0422. The van der Waals surface area contributed by atoms with E-state index in [0.717, 1.165) is 0 Å². The highest BCUT2D eigenvalue weighted by molar-refractivity contribution is 5.84. The second-order valence-corrected chi connectivity index (χ2v) is 3.91. The number of amides is 2. The maximum Gasteiger partial charge on any atom is 0.239 e. The van der Waals surface area contributed by atoms with Gasteiger partial charge in [0.1, 0.15) is 0 Å². The Bertz CT molecular complexity index is 231. The first-order valence-corrected chi connectivity index (χ1v) is 5.79. The molecule has 0 aromatic rings. The lowest BCUT2D eigenvalue weighted by molar-refractivity contribution is -0.136. The van der Waals surface area contributed by atoms with E-state index in [2.05, 4.69) is 5.32 Å². The van der Waals surface area contributed by atoms with Crippen molar-refractivity contribution < 1.29 is 9.59 Å². The summed E-state index contributed by atoms with van der Waals surface area (Å²) in [6.07, 6.45) is 0.406. The van der Waals surface area contributed by atoms with Gasteiger partial charge in [-0.3, -0.25) is 9.59 Å². The zero-order valence-electron chi connectivity index (χ0n) is 10.5. The second kappa shape index (κ2) is 8.10. The lowest BCUT2D eigenvalue weighted by atomic mass is 10.1. The van der Waals surface area contributed by atoms with Crippen LogP contribution in [0.25, 0.3) is 0 Å². The molecule has 1 atom stereocenters. The van der Waals surface area contributed by atoms with Crippen LogP contribution in [-0.2, 0) is 9.59 Å². The minimum atomic E-state index is -0.113. The van der Waals surface area contributed by atoms with Crippen LogP contribution in [0.15, 0.2) is 0 Å². The van der Waals surface area contributed by atoms with Gasteiger partial charge in [0.2, 0.25) is 11.8 Å². The Morgan fingerprint density at radius 3 is 2.44 bits per heavy atom. The van der Waals surface area contributed by atoms with Crippen LogP contribution in [0.4, 0.5) is 0 Å². The molecule has 0 aliphatic rings. The van der Waals surface area contributed by atoms with E-state index in [1.54, 1.807) is 4.90 Å². The van der Waals surface area contributed by atoms with Gasteiger partial charge in [0.15, 0.2) is 0 Å². The molecule has 0 heterocycles. The van der Waals surface area contributed by atoms with Gasteiger partial charge in [-0.25, -0.2) is 0 Å². The molecule has 5 nitrogen and oxygen atoms in total. The molecule has 0 aromatic carbocycles. The van der Waals surface area contributed by atoms with Crippen molar-refractivity contribution in [3.05, 3.63) is 0 Å². The van der Waals surface area contributed by atoms with Crippen molar-refractivity contribution in [2.24, 2.45) is 11.7 Å². The number of nitrogens with one attached hydrogen (secondary N) is 1. The Morgan fingerprint density at radius 1 is 1.38 bits per heavy atom. The highest BCUT2D eigenvalue weighted by atomic mass is 16.2. The van der Waals surface area contributed by atoms with Gasteiger partial charge in [-0.1, -0.05) is 6.92 Å². The van der Waals surface area contributed by atoms with E-state index < -0.39 is 0 Å². The molecule has 0 aromatic heterocycles. The summed E-state index contributed by atoms with van der Waals surface area (Å²) in [6, 6.07) is 0.